The fraction of sp³-hybridized carbons (Fsp3) is 0.333. The maximum atomic E-state index is 12.5. The van der Waals surface area contributed by atoms with Crippen molar-refractivity contribution < 1.29 is 4.79 Å². The van der Waals surface area contributed by atoms with Crippen LogP contribution in [0.5, 0.6) is 0 Å². The van der Waals surface area contributed by atoms with Gasteiger partial charge in [-0.2, -0.15) is 0 Å². The Kier molecular flexibility index (Phi) is 4.22. The number of aromatic nitrogens is 2. The Hall–Kier alpha value is -2.14. The molecule has 0 aliphatic carbocycles. The number of carbonyl (C=O) groups is 1. The third-order valence-corrected chi connectivity index (χ3v) is 5.29. The molecule has 120 valence electrons. The van der Waals surface area contributed by atoms with Gasteiger partial charge in [0.05, 0.1) is 16.7 Å². The van der Waals surface area contributed by atoms with E-state index in [1.807, 2.05) is 39.8 Å². The molecule has 0 aliphatic heterocycles. The first kappa shape index (κ1) is 15.7. The molecule has 2 heterocycles. The van der Waals surface area contributed by atoms with Crippen LogP contribution in [0.1, 0.15) is 34.2 Å². The van der Waals surface area contributed by atoms with Gasteiger partial charge in [0.1, 0.15) is 6.54 Å². The Labute approximate surface area is 140 Å². The van der Waals surface area contributed by atoms with Crippen LogP contribution in [0.4, 0.5) is 0 Å². The summed E-state index contributed by atoms with van der Waals surface area (Å²) in [6, 6.07) is 10.2. The number of benzene rings is 1. The zero-order valence-electron chi connectivity index (χ0n) is 13.9. The fourth-order valence-corrected chi connectivity index (χ4v) is 3.93. The second kappa shape index (κ2) is 6.16. The van der Waals surface area contributed by atoms with Gasteiger partial charge in [-0.05, 0) is 45.2 Å². The minimum Gasteiger partial charge on any atom is -0.347 e. The number of nitrogens with zero attached hydrogens (tertiary/aromatic N) is 2. The van der Waals surface area contributed by atoms with Gasteiger partial charge in [0.25, 0.3) is 0 Å². The molecule has 1 amide bonds. The molecular weight excluding hydrogens is 306 g/mol. The van der Waals surface area contributed by atoms with Crippen molar-refractivity contribution in [3.63, 3.8) is 0 Å². The number of thiazole rings is 1. The van der Waals surface area contributed by atoms with Gasteiger partial charge in [-0.1, -0.05) is 18.2 Å². The lowest BCUT2D eigenvalue weighted by molar-refractivity contribution is -0.122. The fourth-order valence-electron chi connectivity index (χ4n) is 3.00. The quantitative estimate of drug-likeness (QED) is 0.790. The van der Waals surface area contributed by atoms with Gasteiger partial charge in [0.2, 0.25) is 5.91 Å². The second-order valence-corrected chi connectivity index (χ2v) is 7.14. The topological polar surface area (TPSA) is 46.9 Å². The number of rotatable bonds is 4. The Bertz CT molecular complexity index is 862. The van der Waals surface area contributed by atoms with Crippen molar-refractivity contribution in [2.75, 3.05) is 0 Å². The predicted octanol–water partition coefficient (Wildman–Crippen LogP) is 3.90. The van der Waals surface area contributed by atoms with Crippen LogP contribution in [-0.4, -0.2) is 15.5 Å². The first-order chi connectivity index (χ1) is 11.0. The molecular formula is C18H21N3OS. The number of fused-ring (bicyclic) bond motifs is 1. The molecule has 1 atom stereocenters. The first-order valence-electron chi connectivity index (χ1n) is 7.74. The van der Waals surface area contributed by atoms with Crippen molar-refractivity contribution >= 4 is 28.1 Å². The zero-order chi connectivity index (χ0) is 16.6. The molecule has 4 nitrogen and oxygen atoms in total. The van der Waals surface area contributed by atoms with E-state index >= 15 is 0 Å². The largest absolute Gasteiger partial charge is 0.347 e. The summed E-state index contributed by atoms with van der Waals surface area (Å²) < 4.78 is 2.06. The maximum absolute atomic E-state index is 12.5. The van der Waals surface area contributed by atoms with Crippen LogP contribution in [0.15, 0.2) is 30.3 Å². The number of amides is 1. The first-order valence-corrected chi connectivity index (χ1v) is 8.55. The summed E-state index contributed by atoms with van der Waals surface area (Å²) in [5.74, 6) is 0.0207. The molecule has 5 heteroatoms. The number of para-hydroxylation sites is 1. The normalized spacial score (nSPS) is 12.5. The Balaban J connectivity index is 1.76. The maximum Gasteiger partial charge on any atom is 0.240 e. The minimum atomic E-state index is -0.0177. The van der Waals surface area contributed by atoms with Crippen molar-refractivity contribution in [2.24, 2.45) is 0 Å². The van der Waals surface area contributed by atoms with Gasteiger partial charge >= 0.3 is 0 Å². The molecule has 3 rings (SSSR count). The average Bonchev–Trinajstić information content (AvgIpc) is 2.99. The average molecular weight is 327 g/mol. The molecule has 0 aliphatic rings. The summed E-state index contributed by atoms with van der Waals surface area (Å²) >= 11 is 1.65. The lowest BCUT2D eigenvalue weighted by Crippen LogP contribution is -2.30. The van der Waals surface area contributed by atoms with E-state index in [9.17, 15) is 4.79 Å². The Morgan fingerprint density at radius 3 is 2.74 bits per heavy atom. The van der Waals surface area contributed by atoms with E-state index in [4.69, 9.17) is 0 Å². The van der Waals surface area contributed by atoms with Crippen LogP contribution >= 0.6 is 11.3 Å². The molecule has 23 heavy (non-hydrogen) atoms. The third kappa shape index (κ3) is 3.15. The van der Waals surface area contributed by atoms with Crippen LogP contribution < -0.4 is 5.32 Å². The van der Waals surface area contributed by atoms with E-state index in [1.54, 1.807) is 11.3 Å². The van der Waals surface area contributed by atoms with Gasteiger partial charge in [0.15, 0.2) is 0 Å². The van der Waals surface area contributed by atoms with Crippen LogP contribution in [0, 0.1) is 20.8 Å². The third-order valence-electron chi connectivity index (χ3n) is 4.03. The minimum absolute atomic E-state index is 0.0177. The second-order valence-electron chi connectivity index (χ2n) is 5.90. The standard InChI is InChI=1S/C18H21N3OS/c1-11-9-15-7-5-6-8-16(15)21(11)10-17(22)20-13(3)18-12(2)19-14(4)23-18/h5-9,13H,10H2,1-4H3,(H,20,22). The van der Waals surface area contributed by atoms with Gasteiger partial charge in [0, 0.05) is 16.1 Å². The number of hydrogen-bond acceptors (Lipinski definition) is 3. The summed E-state index contributed by atoms with van der Waals surface area (Å²) in [4.78, 5) is 18.0. The summed E-state index contributed by atoms with van der Waals surface area (Å²) in [5, 5.41) is 5.29. The van der Waals surface area contributed by atoms with Crippen molar-refractivity contribution in [3.05, 3.63) is 51.6 Å². The highest BCUT2D eigenvalue weighted by molar-refractivity contribution is 7.11. The zero-order valence-corrected chi connectivity index (χ0v) is 14.7. The summed E-state index contributed by atoms with van der Waals surface area (Å²) in [6.45, 7) is 8.36. The molecule has 3 aromatic rings. The molecule has 1 N–H and O–H groups in total. The molecule has 2 aromatic heterocycles. The highest BCUT2D eigenvalue weighted by Crippen LogP contribution is 2.24. The van der Waals surface area contributed by atoms with E-state index in [0.717, 1.165) is 26.8 Å². The number of carbonyl (C=O) groups excluding carboxylic acids is 1. The molecule has 0 radical (unpaired) electrons. The van der Waals surface area contributed by atoms with E-state index in [2.05, 4.69) is 33.1 Å². The SMILES string of the molecule is Cc1nc(C)c(C(C)NC(=O)Cn2c(C)cc3ccccc32)s1. The van der Waals surface area contributed by atoms with E-state index < -0.39 is 0 Å². The lowest BCUT2D eigenvalue weighted by Gasteiger charge is -2.14. The monoisotopic (exact) mass is 327 g/mol. The van der Waals surface area contributed by atoms with Gasteiger partial charge in [-0.25, -0.2) is 4.98 Å². The van der Waals surface area contributed by atoms with E-state index in [0.29, 0.717) is 6.54 Å². The number of nitrogens with one attached hydrogen (secondary N) is 1. The molecule has 0 saturated carbocycles. The van der Waals surface area contributed by atoms with Crippen molar-refractivity contribution in [1.29, 1.82) is 0 Å². The van der Waals surface area contributed by atoms with Gasteiger partial charge in [-0.15, -0.1) is 11.3 Å². The van der Waals surface area contributed by atoms with Gasteiger partial charge in [-0.3, -0.25) is 4.79 Å². The molecule has 1 aromatic carbocycles. The predicted molar refractivity (Wildman–Crippen MR) is 94.8 cm³/mol. The summed E-state index contributed by atoms with van der Waals surface area (Å²) in [7, 11) is 0. The molecule has 0 spiro atoms. The molecule has 0 fully saturated rings. The lowest BCUT2D eigenvalue weighted by atomic mass is 10.2. The van der Waals surface area contributed by atoms with Gasteiger partial charge < -0.3 is 9.88 Å². The van der Waals surface area contributed by atoms with Crippen LogP contribution in [0.3, 0.4) is 0 Å². The van der Waals surface area contributed by atoms with Crippen molar-refractivity contribution in [1.82, 2.24) is 14.9 Å². The highest BCUT2D eigenvalue weighted by Gasteiger charge is 2.16. The van der Waals surface area contributed by atoms with Crippen molar-refractivity contribution in [3.8, 4) is 0 Å². The van der Waals surface area contributed by atoms with Crippen LogP contribution in [0.25, 0.3) is 10.9 Å². The van der Waals surface area contributed by atoms with Crippen LogP contribution in [-0.2, 0) is 11.3 Å². The molecule has 0 saturated heterocycles. The summed E-state index contributed by atoms with van der Waals surface area (Å²) in [5.41, 5.74) is 3.19. The smallest absolute Gasteiger partial charge is 0.240 e. The van der Waals surface area contributed by atoms with Crippen LogP contribution in [0.2, 0.25) is 0 Å². The summed E-state index contributed by atoms with van der Waals surface area (Å²) in [6.07, 6.45) is 0. The molecule has 0 bridgehead atoms. The molecule has 1 unspecified atom stereocenters. The van der Waals surface area contributed by atoms with E-state index in [1.165, 1.54) is 5.39 Å². The number of hydrogen-bond donors (Lipinski definition) is 1. The van der Waals surface area contributed by atoms with Crippen molar-refractivity contribution in [2.45, 2.75) is 40.3 Å². The Morgan fingerprint density at radius 1 is 1.30 bits per heavy atom. The van der Waals surface area contributed by atoms with E-state index in [-0.39, 0.29) is 11.9 Å². The Morgan fingerprint density at radius 2 is 2.04 bits per heavy atom. The number of aryl methyl sites for hydroxylation is 3. The highest BCUT2D eigenvalue weighted by atomic mass is 32.1.